The number of benzene rings is 1. The SMILES string of the molecule is O=C(NC1CCN(CC(F)(F)F)C1=O)c1[nH]c2ccccc2c1Br. The molecule has 1 saturated heterocycles. The van der Waals surface area contributed by atoms with Gasteiger partial charge in [0.25, 0.3) is 5.91 Å². The molecule has 0 saturated carbocycles. The van der Waals surface area contributed by atoms with Gasteiger partial charge in [-0.2, -0.15) is 13.2 Å². The summed E-state index contributed by atoms with van der Waals surface area (Å²) in [5.41, 5.74) is 0.976. The van der Waals surface area contributed by atoms with Crippen molar-refractivity contribution in [2.45, 2.75) is 18.6 Å². The van der Waals surface area contributed by atoms with Gasteiger partial charge in [0.05, 0.1) is 4.47 Å². The Morgan fingerprint density at radius 3 is 2.75 bits per heavy atom. The Kier molecular flexibility index (Phi) is 4.29. The van der Waals surface area contributed by atoms with E-state index in [9.17, 15) is 22.8 Å². The van der Waals surface area contributed by atoms with E-state index in [1.54, 1.807) is 6.07 Å². The van der Waals surface area contributed by atoms with Crippen LogP contribution in [0.5, 0.6) is 0 Å². The lowest BCUT2D eigenvalue weighted by molar-refractivity contribution is -0.157. The van der Waals surface area contributed by atoms with Crippen molar-refractivity contribution in [3.63, 3.8) is 0 Å². The van der Waals surface area contributed by atoms with Gasteiger partial charge in [0.2, 0.25) is 5.91 Å². The van der Waals surface area contributed by atoms with E-state index in [2.05, 4.69) is 26.2 Å². The fourth-order valence-corrected chi connectivity index (χ4v) is 3.37. The molecule has 0 bridgehead atoms. The Labute approximate surface area is 143 Å². The van der Waals surface area contributed by atoms with Crippen molar-refractivity contribution in [3.05, 3.63) is 34.4 Å². The number of nitrogens with one attached hydrogen (secondary N) is 2. The van der Waals surface area contributed by atoms with Gasteiger partial charge in [0, 0.05) is 17.4 Å². The molecule has 1 unspecified atom stereocenters. The largest absolute Gasteiger partial charge is 0.406 e. The highest BCUT2D eigenvalue weighted by Crippen LogP contribution is 2.28. The molecule has 1 aliphatic rings. The molecule has 128 valence electrons. The molecule has 2 aromatic rings. The first-order valence-corrected chi connectivity index (χ1v) is 7.98. The number of rotatable bonds is 3. The third-order valence-electron chi connectivity index (χ3n) is 3.84. The monoisotopic (exact) mass is 403 g/mol. The van der Waals surface area contributed by atoms with E-state index in [4.69, 9.17) is 0 Å². The second-order valence-corrected chi connectivity index (χ2v) is 6.34. The summed E-state index contributed by atoms with van der Waals surface area (Å²) in [5.74, 6) is -1.25. The zero-order valence-electron chi connectivity index (χ0n) is 12.3. The predicted molar refractivity (Wildman–Crippen MR) is 84.5 cm³/mol. The number of para-hydroxylation sites is 1. The van der Waals surface area contributed by atoms with E-state index >= 15 is 0 Å². The molecule has 1 aliphatic heterocycles. The number of aromatic amines is 1. The molecule has 2 N–H and O–H groups in total. The van der Waals surface area contributed by atoms with Crippen LogP contribution in [0.1, 0.15) is 16.9 Å². The molecule has 9 heteroatoms. The van der Waals surface area contributed by atoms with Gasteiger partial charge in [-0.3, -0.25) is 9.59 Å². The zero-order chi connectivity index (χ0) is 17.5. The van der Waals surface area contributed by atoms with Crippen LogP contribution in [-0.4, -0.2) is 47.0 Å². The van der Waals surface area contributed by atoms with Crippen molar-refractivity contribution in [2.24, 2.45) is 0 Å². The number of likely N-dealkylation sites (tertiary alicyclic amines) is 1. The number of H-pyrrole nitrogens is 1. The maximum absolute atomic E-state index is 12.4. The molecule has 1 fully saturated rings. The number of hydrogen-bond acceptors (Lipinski definition) is 2. The smallest absolute Gasteiger partial charge is 0.350 e. The Balaban J connectivity index is 1.73. The summed E-state index contributed by atoms with van der Waals surface area (Å²) in [6, 6.07) is 6.29. The van der Waals surface area contributed by atoms with Gasteiger partial charge >= 0.3 is 6.18 Å². The van der Waals surface area contributed by atoms with E-state index in [1.165, 1.54) is 0 Å². The van der Waals surface area contributed by atoms with E-state index in [0.29, 0.717) is 9.37 Å². The van der Waals surface area contributed by atoms with E-state index < -0.39 is 30.6 Å². The van der Waals surface area contributed by atoms with E-state index in [1.807, 2.05) is 18.2 Å². The molecular formula is C15H13BrF3N3O2. The van der Waals surface area contributed by atoms with Crippen LogP contribution in [0.2, 0.25) is 0 Å². The summed E-state index contributed by atoms with van der Waals surface area (Å²) in [4.78, 5) is 28.0. The van der Waals surface area contributed by atoms with Gasteiger partial charge in [-0.1, -0.05) is 18.2 Å². The number of aromatic nitrogens is 1. The highest BCUT2D eigenvalue weighted by molar-refractivity contribution is 9.10. The third-order valence-corrected chi connectivity index (χ3v) is 4.67. The lowest BCUT2D eigenvalue weighted by Crippen LogP contribution is -2.43. The molecular weight excluding hydrogens is 391 g/mol. The Morgan fingerprint density at radius 1 is 1.38 bits per heavy atom. The van der Waals surface area contributed by atoms with Crippen molar-refractivity contribution in [3.8, 4) is 0 Å². The molecule has 1 atom stereocenters. The number of nitrogens with zero attached hydrogens (tertiary/aromatic N) is 1. The first kappa shape index (κ1) is 16.8. The molecule has 1 aromatic carbocycles. The minimum atomic E-state index is -4.45. The summed E-state index contributed by atoms with van der Waals surface area (Å²) < 4.78 is 37.8. The lowest BCUT2D eigenvalue weighted by Gasteiger charge is -2.18. The highest BCUT2D eigenvalue weighted by atomic mass is 79.9. The Morgan fingerprint density at radius 2 is 2.08 bits per heavy atom. The minimum absolute atomic E-state index is 0.0306. The van der Waals surface area contributed by atoms with Crippen molar-refractivity contribution >= 4 is 38.6 Å². The van der Waals surface area contributed by atoms with Crippen LogP contribution in [0.3, 0.4) is 0 Å². The number of carbonyl (C=O) groups excluding carboxylic acids is 2. The van der Waals surface area contributed by atoms with Gasteiger partial charge in [0.15, 0.2) is 0 Å². The van der Waals surface area contributed by atoms with Crippen LogP contribution in [0.25, 0.3) is 10.9 Å². The summed E-state index contributed by atoms with van der Waals surface area (Å²) in [6.45, 7) is -1.33. The second-order valence-electron chi connectivity index (χ2n) is 5.55. The van der Waals surface area contributed by atoms with Gasteiger partial charge < -0.3 is 15.2 Å². The molecule has 3 rings (SSSR count). The van der Waals surface area contributed by atoms with Crippen LogP contribution < -0.4 is 5.32 Å². The molecule has 2 heterocycles. The van der Waals surface area contributed by atoms with Gasteiger partial charge in [-0.05, 0) is 28.4 Å². The first-order chi connectivity index (χ1) is 11.3. The number of alkyl halides is 3. The molecule has 0 spiro atoms. The molecule has 5 nitrogen and oxygen atoms in total. The van der Waals surface area contributed by atoms with Crippen LogP contribution in [0.4, 0.5) is 13.2 Å². The Hall–Kier alpha value is -2.03. The van der Waals surface area contributed by atoms with Gasteiger partial charge in [-0.25, -0.2) is 0 Å². The molecule has 2 amide bonds. The predicted octanol–water partition coefficient (Wildman–Crippen LogP) is 2.82. The van der Waals surface area contributed by atoms with Crippen molar-refractivity contribution in [2.75, 3.05) is 13.1 Å². The topological polar surface area (TPSA) is 65.2 Å². The van der Waals surface area contributed by atoms with Crippen LogP contribution in [-0.2, 0) is 4.79 Å². The normalized spacial score (nSPS) is 18.4. The van der Waals surface area contributed by atoms with Gasteiger partial charge in [0.1, 0.15) is 18.3 Å². The maximum Gasteiger partial charge on any atom is 0.406 e. The summed E-state index contributed by atoms with van der Waals surface area (Å²) in [5, 5.41) is 3.31. The lowest BCUT2D eigenvalue weighted by atomic mass is 10.2. The van der Waals surface area contributed by atoms with Crippen LogP contribution >= 0.6 is 15.9 Å². The number of carbonyl (C=O) groups is 2. The maximum atomic E-state index is 12.4. The number of fused-ring (bicyclic) bond motifs is 1. The summed E-state index contributed by atoms with van der Waals surface area (Å²) in [6.07, 6.45) is -4.30. The first-order valence-electron chi connectivity index (χ1n) is 7.19. The zero-order valence-corrected chi connectivity index (χ0v) is 13.9. The average molecular weight is 404 g/mol. The summed E-state index contributed by atoms with van der Waals surface area (Å²) in [7, 11) is 0. The highest BCUT2D eigenvalue weighted by Gasteiger charge is 2.40. The fraction of sp³-hybridized carbons (Fsp3) is 0.333. The number of amides is 2. The standard InChI is InChI=1S/C15H13BrF3N3O2/c16-11-8-3-1-2-4-9(8)20-12(11)13(23)21-10-5-6-22(14(10)24)7-15(17,18)19/h1-4,10,20H,5-7H2,(H,21,23). The van der Waals surface area contributed by atoms with Crippen molar-refractivity contribution in [1.82, 2.24) is 15.2 Å². The molecule has 1 aromatic heterocycles. The average Bonchev–Trinajstić information content (AvgIpc) is 3.01. The van der Waals surface area contributed by atoms with Crippen molar-refractivity contribution < 1.29 is 22.8 Å². The number of hydrogen-bond donors (Lipinski definition) is 2. The third kappa shape index (κ3) is 3.26. The molecule has 24 heavy (non-hydrogen) atoms. The van der Waals surface area contributed by atoms with Gasteiger partial charge in [-0.15, -0.1) is 0 Å². The number of halogens is 4. The fourth-order valence-electron chi connectivity index (χ4n) is 2.74. The minimum Gasteiger partial charge on any atom is -0.350 e. The molecule has 0 aliphatic carbocycles. The van der Waals surface area contributed by atoms with Crippen molar-refractivity contribution in [1.29, 1.82) is 0 Å². The van der Waals surface area contributed by atoms with E-state index in [0.717, 1.165) is 10.9 Å². The van der Waals surface area contributed by atoms with E-state index in [-0.39, 0.29) is 18.7 Å². The Bertz CT molecular complexity index is 803. The summed E-state index contributed by atoms with van der Waals surface area (Å²) >= 11 is 3.33. The van der Waals surface area contributed by atoms with Crippen LogP contribution in [0.15, 0.2) is 28.7 Å². The second kappa shape index (κ2) is 6.12. The molecule has 0 radical (unpaired) electrons. The quantitative estimate of drug-likeness (QED) is 0.827. The van der Waals surface area contributed by atoms with Crippen LogP contribution in [0, 0.1) is 0 Å².